The number of ketones is 1. The van der Waals surface area contributed by atoms with Crippen molar-refractivity contribution in [2.75, 3.05) is 0 Å². The van der Waals surface area contributed by atoms with Gasteiger partial charge in [-0.25, -0.2) is 4.39 Å². The molecule has 1 heterocycles. The Labute approximate surface area is 125 Å². The zero-order valence-corrected chi connectivity index (χ0v) is 13.1. The highest BCUT2D eigenvalue weighted by Gasteiger charge is 2.17. The minimum atomic E-state index is -0.504. The topological polar surface area (TPSA) is 34.9 Å². The van der Waals surface area contributed by atoms with Gasteiger partial charge in [0.1, 0.15) is 5.82 Å². The molecule has 0 aliphatic heterocycles. The third-order valence-corrected chi connectivity index (χ3v) is 3.78. The van der Waals surface area contributed by atoms with Gasteiger partial charge in [0.05, 0.1) is 22.2 Å². The van der Waals surface area contributed by atoms with Gasteiger partial charge in [0.15, 0.2) is 5.78 Å². The van der Waals surface area contributed by atoms with Crippen molar-refractivity contribution < 1.29 is 9.18 Å². The van der Waals surface area contributed by atoms with Gasteiger partial charge >= 0.3 is 0 Å². The molecule has 0 spiro atoms. The number of benzene rings is 1. The summed E-state index contributed by atoms with van der Waals surface area (Å²) in [6.45, 7) is 4.69. The molecule has 3 nitrogen and oxygen atoms in total. The molecule has 0 aliphatic rings. The molecule has 0 N–H and O–H groups in total. The lowest BCUT2D eigenvalue weighted by Crippen LogP contribution is -2.11. The average Bonchev–Trinajstić information content (AvgIpc) is 2.84. The summed E-state index contributed by atoms with van der Waals surface area (Å²) in [5.41, 5.74) is 1.89. The van der Waals surface area contributed by atoms with Gasteiger partial charge in [0.2, 0.25) is 0 Å². The minimum absolute atomic E-state index is 0.112. The third kappa shape index (κ3) is 2.98. The second kappa shape index (κ2) is 6.31. The van der Waals surface area contributed by atoms with Crippen molar-refractivity contribution in [3.05, 3.63) is 51.5 Å². The Balaban J connectivity index is 2.27. The van der Waals surface area contributed by atoms with Crippen molar-refractivity contribution in [2.24, 2.45) is 0 Å². The molecule has 2 aromatic rings. The molecule has 0 radical (unpaired) electrons. The quantitative estimate of drug-likeness (QED) is 0.777. The van der Waals surface area contributed by atoms with Gasteiger partial charge in [-0.2, -0.15) is 5.10 Å². The number of rotatable bonds is 5. The van der Waals surface area contributed by atoms with Gasteiger partial charge in [0, 0.05) is 12.2 Å². The number of halogens is 2. The summed E-state index contributed by atoms with van der Waals surface area (Å²) in [6, 6.07) is 6.67. The first kappa shape index (κ1) is 14.9. The predicted octanol–water partition coefficient (Wildman–Crippen LogP) is 3.79. The predicted molar refractivity (Wildman–Crippen MR) is 79.4 cm³/mol. The summed E-state index contributed by atoms with van der Waals surface area (Å²) in [5.74, 6) is -0.739. The Bertz CT molecular complexity index is 637. The molecule has 0 saturated heterocycles. The fraction of sp³-hybridized carbons (Fsp3) is 0.333. The Kier molecular flexibility index (Phi) is 4.70. The van der Waals surface area contributed by atoms with Gasteiger partial charge in [-0.3, -0.25) is 9.48 Å². The van der Waals surface area contributed by atoms with Gasteiger partial charge in [0.25, 0.3) is 0 Å². The second-order valence-corrected chi connectivity index (χ2v) is 5.35. The molecule has 0 fully saturated rings. The molecule has 0 atom stereocenters. The molecule has 1 aromatic heterocycles. The maximum absolute atomic E-state index is 13.9. The Morgan fingerprint density at radius 3 is 2.80 bits per heavy atom. The SMILES string of the molecule is CCc1cc(CC(=O)c2cccc(Br)c2F)n(CC)n1. The molecule has 20 heavy (non-hydrogen) atoms. The van der Waals surface area contributed by atoms with E-state index in [1.54, 1.807) is 16.8 Å². The van der Waals surface area contributed by atoms with Crippen molar-refractivity contribution in [1.29, 1.82) is 0 Å². The molecule has 1 aromatic carbocycles. The standard InChI is InChI=1S/C15H16BrFN2O/c1-3-10-8-11(19(4-2)18-10)9-14(20)12-6-5-7-13(16)15(12)17/h5-8H,3-4,9H2,1-2H3. The summed E-state index contributed by atoms with van der Waals surface area (Å²) in [4.78, 5) is 12.3. The Morgan fingerprint density at radius 2 is 2.15 bits per heavy atom. The maximum atomic E-state index is 13.9. The lowest BCUT2D eigenvalue weighted by molar-refractivity contribution is 0.0986. The van der Waals surface area contributed by atoms with E-state index in [9.17, 15) is 9.18 Å². The van der Waals surface area contributed by atoms with E-state index >= 15 is 0 Å². The first-order chi connectivity index (χ1) is 9.56. The van der Waals surface area contributed by atoms with E-state index in [-0.39, 0.29) is 17.8 Å². The fourth-order valence-electron chi connectivity index (χ4n) is 2.08. The number of carbonyl (C=O) groups excluding carboxylic acids is 1. The van der Waals surface area contributed by atoms with Crippen LogP contribution >= 0.6 is 15.9 Å². The zero-order valence-electron chi connectivity index (χ0n) is 11.5. The van der Waals surface area contributed by atoms with Crippen LogP contribution < -0.4 is 0 Å². The second-order valence-electron chi connectivity index (χ2n) is 4.50. The van der Waals surface area contributed by atoms with Crippen LogP contribution in [-0.2, 0) is 19.4 Å². The Hall–Kier alpha value is -1.49. The van der Waals surface area contributed by atoms with E-state index in [0.717, 1.165) is 17.8 Å². The van der Waals surface area contributed by atoms with E-state index in [4.69, 9.17) is 0 Å². The lowest BCUT2D eigenvalue weighted by Gasteiger charge is -2.06. The van der Waals surface area contributed by atoms with E-state index in [1.807, 2.05) is 19.9 Å². The van der Waals surface area contributed by atoms with Crippen LogP contribution in [0.5, 0.6) is 0 Å². The molecule has 106 valence electrons. The van der Waals surface area contributed by atoms with Crippen LogP contribution in [0.25, 0.3) is 0 Å². The minimum Gasteiger partial charge on any atom is -0.294 e. The molecule has 0 unspecified atom stereocenters. The van der Waals surface area contributed by atoms with E-state index in [0.29, 0.717) is 11.0 Å². The maximum Gasteiger partial charge on any atom is 0.171 e. The molecule has 0 saturated carbocycles. The number of carbonyl (C=O) groups is 1. The van der Waals surface area contributed by atoms with Crippen molar-refractivity contribution in [3.8, 4) is 0 Å². The molecular weight excluding hydrogens is 323 g/mol. The number of aryl methyl sites for hydroxylation is 2. The normalized spacial score (nSPS) is 10.8. The highest BCUT2D eigenvalue weighted by molar-refractivity contribution is 9.10. The van der Waals surface area contributed by atoms with Crippen LogP contribution in [0.3, 0.4) is 0 Å². The van der Waals surface area contributed by atoms with Crippen LogP contribution in [0.4, 0.5) is 4.39 Å². The summed E-state index contributed by atoms with van der Waals surface area (Å²) < 4.78 is 16.0. The summed E-state index contributed by atoms with van der Waals surface area (Å²) in [7, 11) is 0. The van der Waals surface area contributed by atoms with Gasteiger partial charge in [-0.05, 0) is 47.5 Å². The number of Topliss-reactive ketones (excluding diaryl/α,β-unsaturated/α-hetero) is 1. The van der Waals surface area contributed by atoms with Crippen molar-refractivity contribution >= 4 is 21.7 Å². The van der Waals surface area contributed by atoms with Gasteiger partial charge in [-0.1, -0.05) is 13.0 Å². The van der Waals surface area contributed by atoms with Crippen molar-refractivity contribution in [2.45, 2.75) is 33.2 Å². The lowest BCUT2D eigenvalue weighted by atomic mass is 10.1. The first-order valence-electron chi connectivity index (χ1n) is 6.59. The third-order valence-electron chi connectivity index (χ3n) is 3.17. The number of aromatic nitrogens is 2. The average molecular weight is 339 g/mol. The van der Waals surface area contributed by atoms with Crippen LogP contribution in [0, 0.1) is 5.82 Å². The number of nitrogens with zero attached hydrogens (tertiary/aromatic N) is 2. The molecule has 2 rings (SSSR count). The van der Waals surface area contributed by atoms with Gasteiger partial charge in [-0.15, -0.1) is 0 Å². The monoisotopic (exact) mass is 338 g/mol. The molecule has 0 aliphatic carbocycles. The number of hydrogen-bond acceptors (Lipinski definition) is 2. The van der Waals surface area contributed by atoms with E-state index in [2.05, 4.69) is 21.0 Å². The highest BCUT2D eigenvalue weighted by Crippen LogP contribution is 2.20. The fourth-order valence-corrected chi connectivity index (χ4v) is 2.45. The first-order valence-corrected chi connectivity index (χ1v) is 7.38. The largest absolute Gasteiger partial charge is 0.294 e. The van der Waals surface area contributed by atoms with Crippen molar-refractivity contribution in [3.63, 3.8) is 0 Å². The van der Waals surface area contributed by atoms with Crippen molar-refractivity contribution in [1.82, 2.24) is 9.78 Å². The zero-order chi connectivity index (χ0) is 14.7. The van der Waals surface area contributed by atoms with Crippen LogP contribution in [0.2, 0.25) is 0 Å². The van der Waals surface area contributed by atoms with Crippen LogP contribution in [0.15, 0.2) is 28.7 Å². The smallest absolute Gasteiger partial charge is 0.171 e. The highest BCUT2D eigenvalue weighted by atomic mass is 79.9. The summed E-state index contributed by atoms with van der Waals surface area (Å²) in [6.07, 6.45) is 0.980. The van der Waals surface area contributed by atoms with Crippen LogP contribution in [0.1, 0.15) is 35.6 Å². The molecule has 0 amide bonds. The van der Waals surface area contributed by atoms with E-state index in [1.165, 1.54) is 6.07 Å². The van der Waals surface area contributed by atoms with Gasteiger partial charge < -0.3 is 0 Å². The number of hydrogen-bond donors (Lipinski definition) is 0. The van der Waals surface area contributed by atoms with Crippen LogP contribution in [-0.4, -0.2) is 15.6 Å². The summed E-state index contributed by atoms with van der Waals surface area (Å²) in [5, 5.41) is 4.40. The Morgan fingerprint density at radius 1 is 1.40 bits per heavy atom. The molecule has 5 heteroatoms. The molecule has 0 bridgehead atoms. The molecular formula is C15H16BrFN2O. The van der Waals surface area contributed by atoms with E-state index < -0.39 is 5.82 Å². The summed E-state index contributed by atoms with van der Waals surface area (Å²) >= 11 is 3.10.